The second-order valence-corrected chi connectivity index (χ2v) is 7.57. The fraction of sp³-hybridized carbons (Fsp3) is 0.154. The summed E-state index contributed by atoms with van der Waals surface area (Å²) in [6, 6.07) is 24.1. The van der Waals surface area contributed by atoms with Crippen LogP contribution in [0.2, 0.25) is 0 Å². The Labute approximate surface area is 191 Å². The molecular weight excluding hydrogens is 416 g/mol. The number of carbonyl (C=O) groups is 2. The average Bonchev–Trinajstić information content (AvgIpc) is 3.30. The second-order valence-electron chi connectivity index (χ2n) is 7.57. The third-order valence-electron chi connectivity index (χ3n) is 5.17. The first kappa shape index (κ1) is 22.0. The highest BCUT2D eigenvalue weighted by Crippen LogP contribution is 2.21. The van der Waals surface area contributed by atoms with Crippen LogP contribution in [0.1, 0.15) is 34.7 Å². The van der Waals surface area contributed by atoms with E-state index in [1.54, 1.807) is 18.2 Å². The molecule has 0 saturated carbocycles. The number of nitrogens with one attached hydrogen (secondary N) is 2. The summed E-state index contributed by atoms with van der Waals surface area (Å²) in [4.78, 5) is 25.1. The Morgan fingerprint density at radius 3 is 2.33 bits per heavy atom. The monoisotopic (exact) mass is 440 g/mol. The van der Waals surface area contributed by atoms with Gasteiger partial charge in [0.05, 0.1) is 0 Å². The van der Waals surface area contributed by atoms with Crippen LogP contribution in [0.25, 0.3) is 11.5 Å². The molecule has 0 bridgehead atoms. The summed E-state index contributed by atoms with van der Waals surface area (Å²) in [6.07, 6.45) is 1.37. The van der Waals surface area contributed by atoms with Crippen molar-refractivity contribution in [3.05, 3.63) is 95.9 Å². The number of hydrogen-bond donors (Lipinski definition) is 2. The van der Waals surface area contributed by atoms with Gasteiger partial charge in [-0.25, -0.2) is 0 Å². The number of para-hydroxylation sites is 1. The molecule has 2 amide bonds. The molecule has 7 nitrogen and oxygen atoms in total. The van der Waals surface area contributed by atoms with Crippen molar-refractivity contribution in [2.24, 2.45) is 0 Å². The van der Waals surface area contributed by atoms with E-state index < -0.39 is 0 Å². The first-order chi connectivity index (χ1) is 16.1. The summed E-state index contributed by atoms with van der Waals surface area (Å²) in [6.45, 7) is 1.82. The lowest BCUT2D eigenvalue weighted by Gasteiger charge is -2.13. The van der Waals surface area contributed by atoms with E-state index in [2.05, 4.69) is 20.8 Å². The second kappa shape index (κ2) is 10.4. The summed E-state index contributed by atoms with van der Waals surface area (Å²) in [5.41, 5.74) is 3.41. The zero-order valence-corrected chi connectivity index (χ0v) is 18.2. The number of carbonyl (C=O) groups excluding carboxylic acids is 2. The molecule has 4 rings (SSSR count). The highest BCUT2D eigenvalue weighted by molar-refractivity contribution is 6.06. The first-order valence-electron chi connectivity index (χ1n) is 10.7. The highest BCUT2D eigenvalue weighted by atomic mass is 16.4. The predicted molar refractivity (Wildman–Crippen MR) is 127 cm³/mol. The number of aryl methyl sites for hydroxylation is 1. The van der Waals surface area contributed by atoms with Crippen molar-refractivity contribution in [1.82, 2.24) is 10.2 Å². The summed E-state index contributed by atoms with van der Waals surface area (Å²) < 4.78 is 5.68. The van der Waals surface area contributed by atoms with E-state index in [0.717, 1.165) is 5.56 Å². The molecule has 0 saturated heterocycles. The summed E-state index contributed by atoms with van der Waals surface area (Å²) in [5, 5.41) is 13.9. The maximum atomic E-state index is 12.7. The standard InChI is InChI=1S/C26H24N4O3/c1-18-21(25(32)27-20-12-6-3-7-13-20)14-8-15-22(18)28-23(31)16-9-17-24-29-30-26(33-24)19-10-4-2-5-11-19/h2-8,10-15H,9,16-17H2,1H3,(H,27,32)(H,28,31). The van der Waals surface area contributed by atoms with Crippen molar-refractivity contribution >= 4 is 23.2 Å². The van der Waals surface area contributed by atoms with Crippen molar-refractivity contribution in [3.63, 3.8) is 0 Å². The van der Waals surface area contributed by atoms with Crippen molar-refractivity contribution in [2.45, 2.75) is 26.2 Å². The molecule has 2 N–H and O–H groups in total. The van der Waals surface area contributed by atoms with Gasteiger partial charge in [-0.3, -0.25) is 9.59 Å². The lowest BCUT2D eigenvalue weighted by atomic mass is 10.1. The quantitative estimate of drug-likeness (QED) is 0.390. The van der Waals surface area contributed by atoms with E-state index in [9.17, 15) is 9.59 Å². The van der Waals surface area contributed by atoms with E-state index in [1.807, 2.05) is 67.6 Å². The smallest absolute Gasteiger partial charge is 0.256 e. The van der Waals surface area contributed by atoms with Gasteiger partial charge in [-0.15, -0.1) is 10.2 Å². The molecule has 0 radical (unpaired) electrons. The summed E-state index contributed by atoms with van der Waals surface area (Å²) in [5.74, 6) is 0.607. The summed E-state index contributed by atoms with van der Waals surface area (Å²) in [7, 11) is 0. The van der Waals surface area contributed by atoms with Gasteiger partial charge in [-0.2, -0.15) is 0 Å². The van der Waals surface area contributed by atoms with Gasteiger partial charge in [0.1, 0.15) is 0 Å². The topological polar surface area (TPSA) is 97.1 Å². The van der Waals surface area contributed by atoms with Gasteiger partial charge in [0, 0.05) is 35.3 Å². The molecule has 0 fully saturated rings. The van der Waals surface area contributed by atoms with Crippen LogP contribution >= 0.6 is 0 Å². The lowest BCUT2D eigenvalue weighted by molar-refractivity contribution is -0.116. The third-order valence-corrected chi connectivity index (χ3v) is 5.17. The Morgan fingerprint density at radius 2 is 1.58 bits per heavy atom. The molecule has 33 heavy (non-hydrogen) atoms. The zero-order chi connectivity index (χ0) is 23.0. The largest absolute Gasteiger partial charge is 0.421 e. The van der Waals surface area contributed by atoms with E-state index in [-0.39, 0.29) is 11.8 Å². The molecule has 0 spiro atoms. The molecule has 1 heterocycles. The maximum absolute atomic E-state index is 12.7. The number of aromatic nitrogens is 2. The third kappa shape index (κ3) is 5.71. The minimum absolute atomic E-state index is 0.137. The molecule has 0 aliphatic heterocycles. The Bertz CT molecular complexity index is 1240. The van der Waals surface area contributed by atoms with E-state index in [1.165, 1.54) is 0 Å². The molecule has 0 aliphatic carbocycles. The van der Waals surface area contributed by atoms with Crippen LogP contribution in [0, 0.1) is 6.92 Å². The molecule has 0 aliphatic rings. The van der Waals surface area contributed by atoms with Gasteiger partial charge in [-0.05, 0) is 55.3 Å². The van der Waals surface area contributed by atoms with Gasteiger partial charge in [0.2, 0.25) is 17.7 Å². The van der Waals surface area contributed by atoms with Gasteiger partial charge >= 0.3 is 0 Å². The Morgan fingerprint density at radius 1 is 0.848 bits per heavy atom. The van der Waals surface area contributed by atoms with Crippen LogP contribution in [0.5, 0.6) is 0 Å². The minimum Gasteiger partial charge on any atom is -0.421 e. The molecule has 166 valence electrons. The van der Waals surface area contributed by atoms with Crippen LogP contribution in [0.4, 0.5) is 11.4 Å². The maximum Gasteiger partial charge on any atom is 0.256 e. The number of benzene rings is 3. The molecule has 3 aromatic carbocycles. The fourth-order valence-corrected chi connectivity index (χ4v) is 3.40. The van der Waals surface area contributed by atoms with Crippen molar-refractivity contribution in [2.75, 3.05) is 10.6 Å². The molecule has 0 atom stereocenters. The summed E-state index contributed by atoms with van der Waals surface area (Å²) >= 11 is 0. The van der Waals surface area contributed by atoms with E-state index >= 15 is 0 Å². The highest BCUT2D eigenvalue weighted by Gasteiger charge is 2.14. The SMILES string of the molecule is Cc1c(NC(=O)CCCc2nnc(-c3ccccc3)o2)cccc1C(=O)Nc1ccccc1. The van der Waals surface area contributed by atoms with Crippen LogP contribution < -0.4 is 10.6 Å². The molecular formula is C26H24N4O3. The van der Waals surface area contributed by atoms with E-state index in [0.29, 0.717) is 53.5 Å². The van der Waals surface area contributed by atoms with Gasteiger partial charge in [-0.1, -0.05) is 42.5 Å². The van der Waals surface area contributed by atoms with Crippen LogP contribution in [0.3, 0.4) is 0 Å². The van der Waals surface area contributed by atoms with Crippen LogP contribution in [-0.2, 0) is 11.2 Å². The van der Waals surface area contributed by atoms with Gasteiger partial charge < -0.3 is 15.1 Å². The van der Waals surface area contributed by atoms with Crippen LogP contribution in [-0.4, -0.2) is 22.0 Å². The minimum atomic E-state index is -0.222. The number of rotatable bonds is 8. The van der Waals surface area contributed by atoms with E-state index in [4.69, 9.17) is 4.42 Å². The van der Waals surface area contributed by atoms with Crippen molar-refractivity contribution in [1.29, 1.82) is 0 Å². The number of hydrogen-bond acceptors (Lipinski definition) is 5. The molecule has 1 aromatic heterocycles. The predicted octanol–water partition coefficient (Wildman–Crippen LogP) is 5.26. The molecule has 7 heteroatoms. The zero-order valence-electron chi connectivity index (χ0n) is 18.2. The first-order valence-corrected chi connectivity index (χ1v) is 10.7. The Hall–Kier alpha value is -4.26. The average molecular weight is 441 g/mol. The number of amides is 2. The normalized spacial score (nSPS) is 10.6. The number of nitrogens with zero attached hydrogens (tertiary/aromatic N) is 2. The Kier molecular flexibility index (Phi) is 6.90. The van der Waals surface area contributed by atoms with Crippen LogP contribution in [0.15, 0.2) is 83.3 Å². The van der Waals surface area contributed by atoms with Gasteiger partial charge in [0.25, 0.3) is 5.91 Å². The molecule has 4 aromatic rings. The van der Waals surface area contributed by atoms with Crippen molar-refractivity contribution in [3.8, 4) is 11.5 Å². The fourth-order valence-electron chi connectivity index (χ4n) is 3.40. The van der Waals surface area contributed by atoms with Gasteiger partial charge in [0.15, 0.2) is 0 Å². The Balaban J connectivity index is 1.31. The number of anilines is 2. The van der Waals surface area contributed by atoms with Crippen molar-refractivity contribution < 1.29 is 14.0 Å². The lowest BCUT2D eigenvalue weighted by Crippen LogP contribution is -2.16. The molecule has 0 unspecified atom stereocenters.